The number of hydrogen-bond donors (Lipinski definition) is 2. The normalized spacial score (nSPS) is 12.2. The Morgan fingerprint density at radius 2 is 1.79 bits per heavy atom. The maximum Gasteiger partial charge on any atom is 0.321 e. The number of carbonyl (C=O) groups is 2. The minimum absolute atomic E-state index is 0.0255. The van der Waals surface area contributed by atoms with E-state index in [4.69, 9.17) is 10.8 Å². The number of benzene rings is 1. The van der Waals surface area contributed by atoms with Crippen LogP contribution in [0.25, 0.3) is 0 Å². The monoisotopic (exact) mass is 281 g/mol. The summed E-state index contributed by atoms with van der Waals surface area (Å²) < 4.78 is 0. The molecule has 0 fully saturated rings. The van der Waals surface area contributed by atoms with E-state index < -0.39 is 12.0 Å². The van der Waals surface area contributed by atoms with Crippen molar-refractivity contribution in [2.75, 3.05) is 11.5 Å². The van der Waals surface area contributed by atoms with Crippen molar-refractivity contribution < 1.29 is 14.7 Å². The molecule has 1 atom stereocenters. The van der Waals surface area contributed by atoms with Crippen LogP contribution in [0.4, 0.5) is 0 Å². The molecule has 0 amide bonds. The Balaban J connectivity index is 2.67. The van der Waals surface area contributed by atoms with E-state index in [1.165, 1.54) is 11.8 Å². The van der Waals surface area contributed by atoms with Gasteiger partial charge in [0.2, 0.25) is 0 Å². The zero-order chi connectivity index (χ0) is 14.6. The molecular weight excluding hydrogens is 262 g/mol. The van der Waals surface area contributed by atoms with Crippen molar-refractivity contribution in [3.8, 4) is 0 Å². The molecule has 0 spiro atoms. The first-order valence-corrected chi connectivity index (χ1v) is 7.15. The summed E-state index contributed by atoms with van der Waals surface area (Å²) in [4.78, 5) is 22.7. The van der Waals surface area contributed by atoms with Crippen molar-refractivity contribution in [1.29, 1.82) is 0 Å². The highest BCUT2D eigenvalue weighted by Crippen LogP contribution is 2.19. The largest absolute Gasteiger partial charge is 0.480 e. The van der Waals surface area contributed by atoms with Gasteiger partial charge >= 0.3 is 5.97 Å². The molecular formula is C14H19NO3S. The van der Waals surface area contributed by atoms with Crippen molar-refractivity contribution in [2.45, 2.75) is 26.8 Å². The molecule has 1 aromatic rings. The van der Waals surface area contributed by atoms with Crippen LogP contribution in [-0.4, -0.2) is 34.4 Å². The Labute approximate surface area is 117 Å². The topological polar surface area (TPSA) is 80.4 Å². The van der Waals surface area contributed by atoms with Crippen LogP contribution in [0, 0.1) is 20.8 Å². The number of Topliss-reactive ketones (excluding diaryl/α,β-unsaturated/α-hetero) is 1. The second-order valence-electron chi connectivity index (χ2n) is 4.66. The van der Waals surface area contributed by atoms with Gasteiger partial charge in [-0.2, -0.15) is 11.8 Å². The van der Waals surface area contributed by atoms with Gasteiger partial charge in [-0.15, -0.1) is 0 Å². The number of hydrogen-bond acceptors (Lipinski definition) is 4. The molecule has 0 aliphatic carbocycles. The quantitative estimate of drug-likeness (QED) is 0.779. The molecule has 0 bridgehead atoms. The van der Waals surface area contributed by atoms with Gasteiger partial charge in [0, 0.05) is 11.3 Å². The molecule has 4 nitrogen and oxygen atoms in total. The van der Waals surface area contributed by atoms with E-state index in [-0.39, 0.29) is 17.3 Å². The number of carboxylic acids is 1. The van der Waals surface area contributed by atoms with Crippen molar-refractivity contribution in [3.63, 3.8) is 0 Å². The smallest absolute Gasteiger partial charge is 0.321 e. The van der Waals surface area contributed by atoms with Crippen LogP contribution in [0.3, 0.4) is 0 Å². The van der Waals surface area contributed by atoms with Crippen molar-refractivity contribution in [3.05, 3.63) is 34.4 Å². The summed E-state index contributed by atoms with van der Waals surface area (Å²) in [5.41, 5.74) is 9.19. The Morgan fingerprint density at radius 3 is 2.26 bits per heavy atom. The van der Waals surface area contributed by atoms with Crippen molar-refractivity contribution in [2.24, 2.45) is 5.73 Å². The number of ketones is 1. The Bertz CT molecular complexity index is 476. The Hall–Kier alpha value is -1.33. The lowest BCUT2D eigenvalue weighted by Gasteiger charge is -2.11. The van der Waals surface area contributed by atoms with E-state index in [2.05, 4.69) is 0 Å². The van der Waals surface area contributed by atoms with E-state index in [0.717, 1.165) is 22.3 Å². The van der Waals surface area contributed by atoms with Crippen LogP contribution < -0.4 is 5.73 Å². The van der Waals surface area contributed by atoms with Gasteiger partial charge in [-0.1, -0.05) is 17.7 Å². The molecule has 1 aromatic carbocycles. The summed E-state index contributed by atoms with van der Waals surface area (Å²) in [5, 5.41) is 8.66. The molecule has 0 aliphatic rings. The molecule has 0 saturated carbocycles. The molecule has 0 radical (unpaired) electrons. The predicted molar refractivity (Wildman–Crippen MR) is 77.9 cm³/mol. The average molecular weight is 281 g/mol. The van der Waals surface area contributed by atoms with Crippen molar-refractivity contribution in [1.82, 2.24) is 0 Å². The summed E-state index contributed by atoms with van der Waals surface area (Å²) in [5.74, 6) is -0.517. The van der Waals surface area contributed by atoms with E-state index >= 15 is 0 Å². The predicted octanol–water partition coefficient (Wildman–Crippen LogP) is 1.94. The summed E-state index contributed by atoms with van der Waals surface area (Å²) >= 11 is 1.26. The Kier molecular flexibility index (Phi) is 5.57. The lowest BCUT2D eigenvalue weighted by Crippen LogP contribution is -2.32. The SMILES string of the molecule is Cc1cc(C)c(C(=O)CSC[C@@H](N)C(=O)O)c(C)c1. The maximum atomic E-state index is 12.1. The van der Waals surface area contributed by atoms with Gasteiger partial charge in [0.05, 0.1) is 5.75 Å². The van der Waals surface area contributed by atoms with Crippen LogP contribution in [0.5, 0.6) is 0 Å². The average Bonchev–Trinajstić information content (AvgIpc) is 2.26. The lowest BCUT2D eigenvalue weighted by molar-refractivity contribution is -0.137. The molecule has 0 heterocycles. The lowest BCUT2D eigenvalue weighted by atomic mass is 9.97. The summed E-state index contributed by atoms with van der Waals surface area (Å²) in [7, 11) is 0. The fourth-order valence-corrected chi connectivity index (χ4v) is 2.89. The fourth-order valence-electron chi connectivity index (χ4n) is 2.04. The molecule has 0 unspecified atom stereocenters. The number of rotatable bonds is 6. The van der Waals surface area contributed by atoms with Crippen LogP contribution >= 0.6 is 11.8 Å². The molecule has 3 N–H and O–H groups in total. The minimum Gasteiger partial charge on any atom is -0.480 e. The van der Waals surface area contributed by atoms with Crippen molar-refractivity contribution >= 4 is 23.5 Å². The van der Waals surface area contributed by atoms with Gasteiger partial charge in [0.15, 0.2) is 5.78 Å². The number of nitrogens with two attached hydrogens (primary N) is 1. The molecule has 0 saturated heterocycles. The van der Waals surface area contributed by atoms with E-state index in [0.29, 0.717) is 0 Å². The molecule has 0 aliphatic heterocycles. The van der Waals surface area contributed by atoms with Gasteiger partial charge in [0.1, 0.15) is 6.04 Å². The second kappa shape index (κ2) is 6.73. The van der Waals surface area contributed by atoms with Gasteiger partial charge in [-0.25, -0.2) is 0 Å². The third-order valence-corrected chi connectivity index (χ3v) is 3.86. The zero-order valence-electron chi connectivity index (χ0n) is 11.4. The first-order chi connectivity index (χ1) is 8.82. The number of thioether (sulfide) groups is 1. The standard InChI is InChI=1S/C14H19NO3S/c1-8-4-9(2)13(10(3)5-8)12(16)7-19-6-11(15)14(17)18/h4-5,11H,6-7,15H2,1-3H3,(H,17,18)/t11-/m1/s1. The highest BCUT2D eigenvalue weighted by Gasteiger charge is 2.15. The summed E-state index contributed by atoms with van der Waals surface area (Å²) in [6.07, 6.45) is 0. The van der Waals surface area contributed by atoms with E-state index in [1.54, 1.807) is 0 Å². The van der Waals surface area contributed by atoms with Gasteiger partial charge < -0.3 is 10.8 Å². The highest BCUT2D eigenvalue weighted by atomic mass is 32.2. The molecule has 1 rings (SSSR count). The number of aryl methyl sites for hydroxylation is 3. The van der Waals surface area contributed by atoms with Crippen LogP contribution in [0.1, 0.15) is 27.0 Å². The first kappa shape index (κ1) is 15.7. The fraction of sp³-hybridized carbons (Fsp3) is 0.429. The second-order valence-corrected chi connectivity index (χ2v) is 5.69. The first-order valence-electron chi connectivity index (χ1n) is 6.00. The maximum absolute atomic E-state index is 12.1. The molecule has 5 heteroatoms. The minimum atomic E-state index is -1.04. The number of carboxylic acid groups (broad SMARTS) is 1. The summed E-state index contributed by atoms with van der Waals surface area (Å²) in [6, 6.07) is 3.04. The van der Waals surface area contributed by atoms with Gasteiger partial charge in [0.25, 0.3) is 0 Å². The van der Waals surface area contributed by atoms with Crippen LogP contribution in [0.2, 0.25) is 0 Å². The zero-order valence-corrected chi connectivity index (χ0v) is 12.2. The third kappa shape index (κ3) is 4.36. The Morgan fingerprint density at radius 1 is 1.26 bits per heavy atom. The van der Waals surface area contributed by atoms with Gasteiger partial charge in [-0.05, 0) is 31.9 Å². The van der Waals surface area contributed by atoms with Crippen LogP contribution in [0.15, 0.2) is 12.1 Å². The van der Waals surface area contributed by atoms with E-state index in [1.807, 2.05) is 32.9 Å². The van der Waals surface area contributed by atoms with E-state index in [9.17, 15) is 9.59 Å². The molecule has 19 heavy (non-hydrogen) atoms. The number of aliphatic carboxylic acids is 1. The summed E-state index contributed by atoms with van der Waals surface area (Å²) in [6.45, 7) is 5.83. The van der Waals surface area contributed by atoms with Gasteiger partial charge in [-0.3, -0.25) is 9.59 Å². The molecule has 0 aromatic heterocycles. The highest BCUT2D eigenvalue weighted by molar-refractivity contribution is 8.00. The molecule has 104 valence electrons. The number of carbonyl (C=O) groups excluding carboxylic acids is 1. The third-order valence-electron chi connectivity index (χ3n) is 2.80. The van der Waals surface area contributed by atoms with Crippen LogP contribution in [-0.2, 0) is 4.79 Å².